The van der Waals surface area contributed by atoms with Gasteiger partial charge < -0.3 is 5.43 Å². The fraction of sp³-hybridized carbons (Fsp3) is 0. The molecule has 0 aliphatic rings. The maximum atomic E-state index is 12.8. The van der Waals surface area contributed by atoms with Crippen molar-refractivity contribution >= 4 is 21.6 Å². The minimum atomic E-state index is -0.370. The van der Waals surface area contributed by atoms with Gasteiger partial charge in [-0.1, -0.05) is 6.07 Å². The van der Waals surface area contributed by atoms with Crippen molar-refractivity contribution < 1.29 is 4.39 Å². The van der Waals surface area contributed by atoms with Gasteiger partial charge in [0.15, 0.2) is 5.82 Å². The number of hydrogen-bond acceptors (Lipinski definition) is 2. The van der Waals surface area contributed by atoms with Gasteiger partial charge in [0.2, 0.25) is 0 Å². The first kappa shape index (κ1) is 7.50. The SMILES string of the molecule is NNc1cccc(Br)c1F. The topological polar surface area (TPSA) is 38.0 Å². The average molecular weight is 205 g/mol. The number of hydrogen-bond donors (Lipinski definition) is 2. The second-order valence-corrected chi connectivity index (χ2v) is 2.60. The lowest BCUT2D eigenvalue weighted by Gasteiger charge is -2.01. The van der Waals surface area contributed by atoms with E-state index in [2.05, 4.69) is 21.4 Å². The van der Waals surface area contributed by atoms with Crippen molar-refractivity contribution in [3.05, 3.63) is 28.5 Å². The Morgan fingerprint density at radius 3 is 2.70 bits per heavy atom. The highest BCUT2D eigenvalue weighted by atomic mass is 79.9. The summed E-state index contributed by atoms with van der Waals surface area (Å²) < 4.78 is 13.2. The number of anilines is 1. The largest absolute Gasteiger partial charge is 0.321 e. The van der Waals surface area contributed by atoms with Crippen LogP contribution in [0.2, 0.25) is 0 Å². The number of halogens is 2. The summed E-state index contributed by atoms with van der Waals surface area (Å²) in [5.74, 6) is 4.64. The van der Waals surface area contributed by atoms with Crippen LogP contribution in [0.4, 0.5) is 10.1 Å². The number of nitrogens with two attached hydrogens (primary N) is 1. The van der Waals surface area contributed by atoms with Crippen molar-refractivity contribution in [3.8, 4) is 0 Å². The van der Waals surface area contributed by atoms with Crippen LogP contribution in [0.3, 0.4) is 0 Å². The molecule has 0 unspecified atom stereocenters. The lowest BCUT2D eigenvalue weighted by atomic mass is 10.3. The van der Waals surface area contributed by atoms with Crippen molar-refractivity contribution in [2.45, 2.75) is 0 Å². The summed E-state index contributed by atoms with van der Waals surface area (Å²) in [4.78, 5) is 0. The molecule has 1 rings (SSSR count). The van der Waals surface area contributed by atoms with Crippen molar-refractivity contribution in [2.75, 3.05) is 5.43 Å². The Balaban J connectivity index is 3.14. The van der Waals surface area contributed by atoms with Crippen LogP contribution < -0.4 is 11.3 Å². The van der Waals surface area contributed by atoms with Crippen LogP contribution >= 0.6 is 15.9 Å². The molecular formula is C6H6BrFN2. The predicted molar refractivity (Wildman–Crippen MR) is 41.9 cm³/mol. The van der Waals surface area contributed by atoms with Crippen molar-refractivity contribution in [1.29, 1.82) is 0 Å². The van der Waals surface area contributed by atoms with E-state index in [0.717, 1.165) is 0 Å². The quantitative estimate of drug-likeness (QED) is 0.542. The van der Waals surface area contributed by atoms with Crippen molar-refractivity contribution in [3.63, 3.8) is 0 Å². The van der Waals surface area contributed by atoms with Gasteiger partial charge in [0.05, 0.1) is 10.2 Å². The molecule has 0 bridgehead atoms. The third kappa shape index (κ3) is 1.27. The molecule has 54 valence electrons. The van der Waals surface area contributed by atoms with Gasteiger partial charge in [-0.25, -0.2) is 4.39 Å². The summed E-state index contributed by atoms with van der Waals surface area (Å²) in [7, 11) is 0. The van der Waals surface area contributed by atoms with Gasteiger partial charge in [0.1, 0.15) is 0 Å². The van der Waals surface area contributed by atoms with Gasteiger partial charge in [0, 0.05) is 0 Å². The van der Waals surface area contributed by atoms with Crippen LogP contribution in [-0.4, -0.2) is 0 Å². The van der Waals surface area contributed by atoms with E-state index in [-0.39, 0.29) is 11.5 Å². The standard InChI is InChI=1S/C6H6BrFN2/c7-4-2-1-3-5(10-9)6(4)8/h1-3,10H,9H2. The summed E-state index contributed by atoms with van der Waals surface area (Å²) in [6.07, 6.45) is 0. The van der Waals surface area contributed by atoms with Crippen LogP contribution in [0.15, 0.2) is 22.7 Å². The van der Waals surface area contributed by atoms with Crippen LogP contribution in [0.1, 0.15) is 0 Å². The van der Waals surface area contributed by atoms with E-state index >= 15 is 0 Å². The van der Waals surface area contributed by atoms with Crippen LogP contribution in [0.5, 0.6) is 0 Å². The fourth-order valence-electron chi connectivity index (χ4n) is 0.615. The van der Waals surface area contributed by atoms with Gasteiger partial charge in [-0.05, 0) is 28.1 Å². The molecule has 0 saturated carbocycles. The van der Waals surface area contributed by atoms with E-state index in [9.17, 15) is 4.39 Å². The molecule has 0 fully saturated rings. The number of rotatable bonds is 1. The third-order valence-corrected chi connectivity index (χ3v) is 1.72. The Hall–Kier alpha value is -0.610. The summed E-state index contributed by atoms with van der Waals surface area (Å²) >= 11 is 3.02. The molecule has 0 atom stereocenters. The zero-order valence-corrected chi connectivity index (χ0v) is 6.65. The average Bonchev–Trinajstić information content (AvgIpc) is 1.95. The minimum Gasteiger partial charge on any atom is -0.321 e. The lowest BCUT2D eigenvalue weighted by Crippen LogP contribution is -2.08. The molecule has 0 spiro atoms. The van der Waals surface area contributed by atoms with Crippen molar-refractivity contribution in [1.82, 2.24) is 0 Å². The van der Waals surface area contributed by atoms with Crippen LogP contribution in [0.25, 0.3) is 0 Å². The predicted octanol–water partition coefficient (Wildman–Crippen LogP) is 1.87. The zero-order chi connectivity index (χ0) is 7.56. The normalized spacial score (nSPS) is 9.50. The molecule has 0 aliphatic carbocycles. The molecule has 10 heavy (non-hydrogen) atoms. The third-order valence-electron chi connectivity index (χ3n) is 1.11. The molecule has 4 heteroatoms. The van der Waals surface area contributed by atoms with E-state index in [4.69, 9.17) is 5.84 Å². The summed E-state index contributed by atoms with van der Waals surface area (Å²) in [5, 5.41) is 0. The summed E-state index contributed by atoms with van der Waals surface area (Å²) in [6.45, 7) is 0. The highest BCUT2D eigenvalue weighted by Gasteiger charge is 2.01. The lowest BCUT2D eigenvalue weighted by molar-refractivity contribution is 0.624. The molecule has 1 aromatic rings. The van der Waals surface area contributed by atoms with E-state index < -0.39 is 0 Å². The van der Waals surface area contributed by atoms with E-state index in [1.54, 1.807) is 18.2 Å². The number of nitrogen functional groups attached to an aromatic ring is 1. The zero-order valence-electron chi connectivity index (χ0n) is 5.07. The first-order chi connectivity index (χ1) is 4.75. The molecule has 1 aromatic carbocycles. The molecular weight excluding hydrogens is 199 g/mol. The van der Waals surface area contributed by atoms with Gasteiger partial charge in [0.25, 0.3) is 0 Å². The Labute approximate surface area is 66.3 Å². The van der Waals surface area contributed by atoms with E-state index in [1.165, 1.54) is 0 Å². The fourth-order valence-corrected chi connectivity index (χ4v) is 0.981. The van der Waals surface area contributed by atoms with E-state index in [1.807, 2.05) is 0 Å². The second-order valence-electron chi connectivity index (χ2n) is 1.75. The second kappa shape index (κ2) is 2.98. The molecule has 0 heterocycles. The van der Waals surface area contributed by atoms with Crippen molar-refractivity contribution in [2.24, 2.45) is 5.84 Å². The first-order valence-corrected chi connectivity index (χ1v) is 3.45. The maximum Gasteiger partial charge on any atom is 0.161 e. The molecule has 0 amide bonds. The Bertz CT molecular complexity index is 239. The molecule has 0 radical (unpaired) electrons. The molecule has 0 aliphatic heterocycles. The molecule has 2 nitrogen and oxygen atoms in total. The number of hydrazine groups is 1. The van der Waals surface area contributed by atoms with Gasteiger partial charge in [-0.15, -0.1) is 0 Å². The van der Waals surface area contributed by atoms with E-state index in [0.29, 0.717) is 4.47 Å². The summed E-state index contributed by atoms with van der Waals surface area (Å²) in [6, 6.07) is 4.86. The Morgan fingerprint density at radius 2 is 2.20 bits per heavy atom. The minimum absolute atomic E-state index is 0.286. The number of benzene rings is 1. The van der Waals surface area contributed by atoms with Crippen LogP contribution in [0, 0.1) is 5.82 Å². The monoisotopic (exact) mass is 204 g/mol. The molecule has 3 N–H and O–H groups in total. The van der Waals surface area contributed by atoms with Gasteiger partial charge in [-0.2, -0.15) is 0 Å². The molecule has 0 saturated heterocycles. The Morgan fingerprint density at radius 1 is 1.50 bits per heavy atom. The maximum absolute atomic E-state index is 12.8. The smallest absolute Gasteiger partial charge is 0.161 e. The Kier molecular flexibility index (Phi) is 2.24. The highest BCUT2D eigenvalue weighted by molar-refractivity contribution is 9.10. The van der Waals surface area contributed by atoms with Gasteiger partial charge in [-0.3, -0.25) is 5.84 Å². The highest BCUT2D eigenvalue weighted by Crippen LogP contribution is 2.21. The molecule has 0 aromatic heterocycles. The van der Waals surface area contributed by atoms with Gasteiger partial charge >= 0.3 is 0 Å². The summed E-state index contributed by atoms with van der Waals surface area (Å²) in [5.41, 5.74) is 2.52. The first-order valence-electron chi connectivity index (χ1n) is 2.66. The number of nitrogens with one attached hydrogen (secondary N) is 1. The van der Waals surface area contributed by atoms with Crippen LogP contribution in [-0.2, 0) is 0 Å².